The van der Waals surface area contributed by atoms with Crippen LogP contribution in [-0.4, -0.2) is 15.0 Å². The maximum absolute atomic E-state index is 13.8. The van der Waals surface area contributed by atoms with Crippen molar-refractivity contribution in [2.24, 2.45) is 0 Å². The van der Waals surface area contributed by atoms with Crippen molar-refractivity contribution in [2.45, 2.75) is 36.0 Å². The van der Waals surface area contributed by atoms with Gasteiger partial charge >= 0.3 is 0 Å². The van der Waals surface area contributed by atoms with Crippen molar-refractivity contribution >= 4 is 21.4 Å². The molecule has 0 bridgehead atoms. The van der Waals surface area contributed by atoms with E-state index in [0.717, 1.165) is 48.8 Å². The molecule has 0 amide bonds. The minimum Gasteiger partial charge on any atom is -0.210 e. The monoisotopic (exact) mass is 357 g/mol. The van der Waals surface area contributed by atoms with E-state index >= 15 is 0 Å². The van der Waals surface area contributed by atoms with Crippen molar-refractivity contribution in [3.05, 3.63) is 52.2 Å². The summed E-state index contributed by atoms with van der Waals surface area (Å²) >= 11 is 1.59. The van der Waals surface area contributed by atoms with Gasteiger partial charge in [-0.1, -0.05) is 25.0 Å². The molecule has 1 N–H and O–H groups in total. The summed E-state index contributed by atoms with van der Waals surface area (Å²) in [7, 11) is -4.23. The summed E-state index contributed by atoms with van der Waals surface area (Å²) < 4.78 is 54.7. The summed E-state index contributed by atoms with van der Waals surface area (Å²) in [6.45, 7) is 0.156. The van der Waals surface area contributed by atoms with Gasteiger partial charge in [0.1, 0.15) is 11.6 Å². The molecule has 1 aliphatic rings. The van der Waals surface area contributed by atoms with E-state index in [4.69, 9.17) is 0 Å². The minimum atomic E-state index is -4.23. The molecule has 0 unspecified atom stereocenters. The van der Waals surface area contributed by atoms with Crippen molar-refractivity contribution in [3.8, 4) is 0 Å². The first kappa shape index (κ1) is 16.5. The summed E-state index contributed by atoms with van der Waals surface area (Å²) in [4.78, 5) is 0.214. The van der Waals surface area contributed by atoms with Gasteiger partial charge in [-0.3, -0.25) is 0 Å². The fraction of sp³-hybridized carbons (Fsp3) is 0.375. The highest BCUT2D eigenvalue weighted by Crippen LogP contribution is 2.42. The Balaban J connectivity index is 1.87. The van der Waals surface area contributed by atoms with E-state index in [9.17, 15) is 17.2 Å². The molecule has 0 saturated heterocycles. The average Bonchev–Trinajstić information content (AvgIpc) is 3.17. The predicted octanol–water partition coefficient (Wildman–Crippen LogP) is 3.82. The number of rotatable bonds is 5. The Labute approximate surface area is 138 Å². The summed E-state index contributed by atoms with van der Waals surface area (Å²) in [6, 6.07) is 6.97. The molecule has 2 aromatic rings. The lowest BCUT2D eigenvalue weighted by Gasteiger charge is -2.28. The third-order valence-corrected chi connectivity index (χ3v) is 6.96. The molecule has 0 atom stereocenters. The Kier molecular flexibility index (Phi) is 4.53. The number of halogens is 2. The lowest BCUT2D eigenvalue weighted by atomic mass is 9.85. The molecule has 1 heterocycles. The third kappa shape index (κ3) is 3.18. The van der Waals surface area contributed by atoms with E-state index in [2.05, 4.69) is 4.72 Å². The molecule has 23 heavy (non-hydrogen) atoms. The van der Waals surface area contributed by atoms with Gasteiger partial charge in [-0.2, -0.15) is 0 Å². The van der Waals surface area contributed by atoms with Crippen LogP contribution in [-0.2, 0) is 15.4 Å². The van der Waals surface area contributed by atoms with Gasteiger partial charge in [0.05, 0.1) is 0 Å². The highest BCUT2D eigenvalue weighted by Gasteiger charge is 2.38. The van der Waals surface area contributed by atoms with Crippen molar-refractivity contribution in [2.75, 3.05) is 6.54 Å². The molecule has 1 aromatic carbocycles. The fourth-order valence-corrected chi connectivity index (χ4v) is 5.43. The van der Waals surface area contributed by atoms with E-state index in [-0.39, 0.29) is 12.0 Å². The smallest absolute Gasteiger partial charge is 0.210 e. The zero-order valence-electron chi connectivity index (χ0n) is 12.4. The number of benzene rings is 1. The Morgan fingerprint density at radius 1 is 1.09 bits per heavy atom. The number of nitrogens with one attached hydrogen (secondary N) is 1. The molecule has 0 aliphatic heterocycles. The zero-order valence-corrected chi connectivity index (χ0v) is 14.0. The van der Waals surface area contributed by atoms with Gasteiger partial charge in [0.2, 0.25) is 10.0 Å². The molecule has 1 aliphatic carbocycles. The highest BCUT2D eigenvalue weighted by molar-refractivity contribution is 7.89. The van der Waals surface area contributed by atoms with Gasteiger partial charge in [0, 0.05) is 16.8 Å². The van der Waals surface area contributed by atoms with Crippen molar-refractivity contribution in [3.63, 3.8) is 0 Å². The maximum Gasteiger partial charge on any atom is 0.246 e. The zero-order chi connectivity index (χ0) is 16.5. The van der Waals surface area contributed by atoms with Crippen LogP contribution < -0.4 is 4.72 Å². The normalized spacial score (nSPS) is 17.5. The van der Waals surface area contributed by atoms with Crippen LogP contribution in [0.15, 0.2) is 40.6 Å². The largest absolute Gasteiger partial charge is 0.246 e. The maximum atomic E-state index is 13.8. The molecule has 3 rings (SSSR count). The molecular weight excluding hydrogens is 340 g/mol. The fourth-order valence-electron chi connectivity index (χ4n) is 3.19. The van der Waals surface area contributed by atoms with E-state index < -0.39 is 26.6 Å². The van der Waals surface area contributed by atoms with Crippen molar-refractivity contribution in [1.82, 2.24) is 4.72 Å². The van der Waals surface area contributed by atoms with Crippen LogP contribution in [0.25, 0.3) is 0 Å². The van der Waals surface area contributed by atoms with Crippen LogP contribution in [0.4, 0.5) is 8.78 Å². The molecule has 7 heteroatoms. The topological polar surface area (TPSA) is 46.2 Å². The summed E-state index contributed by atoms with van der Waals surface area (Å²) in [6.07, 6.45) is 3.78. The minimum absolute atomic E-state index is 0.156. The van der Waals surface area contributed by atoms with E-state index in [1.165, 1.54) is 0 Å². The first-order valence-corrected chi connectivity index (χ1v) is 9.79. The van der Waals surface area contributed by atoms with Crippen molar-refractivity contribution < 1.29 is 17.2 Å². The van der Waals surface area contributed by atoms with Crippen LogP contribution in [0, 0.1) is 11.6 Å². The van der Waals surface area contributed by atoms with Crippen LogP contribution in [0.3, 0.4) is 0 Å². The number of hydrogen-bond acceptors (Lipinski definition) is 3. The Bertz CT molecular complexity index is 762. The molecule has 3 nitrogen and oxygen atoms in total. The molecule has 1 aromatic heterocycles. The molecule has 0 radical (unpaired) electrons. The van der Waals surface area contributed by atoms with E-state index in [1.54, 1.807) is 11.3 Å². The second-order valence-electron chi connectivity index (χ2n) is 5.84. The van der Waals surface area contributed by atoms with Gasteiger partial charge in [-0.25, -0.2) is 21.9 Å². The molecule has 0 spiro atoms. The van der Waals surface area contributed by atoms with Crippen LogP contribution >= 0.6 is 11.3 Å². The van der Waals surface area contributed by atoms with Gasteiger partial charge in [-0.05, 0) is 36.4 Å². The van der Waals surface area contributed by atoms with Crippen LogP contribution in [0.5, 0.6) is 0 Å². The molecule has 1 fully saturated rings. The summed E-state index contributed by atoms with van der Waals surface area (Å²) in [5.41, 5.74) is -0.275. The third-order valence-electron chi connectivity index (χ3n) is 4.39. The first-order valence-electron chi connectivity index (χ1n) is 7.42. The van der Waals surface area contributed by atoms with Gasteiger partial charge in [0.25, 0.3) is 0 Å². The van der Waals surface area contributed by atoms with E-state index in [0.29, 0.717) is 0 Å². The average molecular weight is 357 g/mol. The number of sulfonamides is 1. The summed E-state index contributed by atoms with van der Waals surface area (Å²) in [5.74, 6) is -2.15. The van der Waals surface area contributed by atoms with E-state index in [1.807, 2.05) is 17.5 Å². The van der Waals surface area contributed by atoms with Crippen LogP contribution in [0.2, 0.25) is 0 Å². The van der Waals surface area contributed by atoms with Crippen molar-refractivity contribution in [1.29, 1.82) is 0 Å². The Hall–Kier alpha value is -1.31. The quantitative estimate of drug-likeness (QED) is 0.884. The Morgan fingerprint density at radius 2 is 1.74 bits per heavy atom. The highest BCUT2D eigenvalue weighted by atomic mass is 32.2. The summed E-state index contributed by atoms with van der Waals surface area (Å²) in [5, 5.41) is 1.96. The Morgan fingerprint density at radius 3 is 2.30 bits per heavy atom. The second-order valence-corrected chi connectivity index (χ2v) is 8.49. The molecule has 124 valence electrons. The standard InChI is InChI=1S/C16H17F2NO2S2/c17-12-5-3-6-13(18)15(12)23(20,21)19-11-16(8-1-2-9-16)14-7-4-10-22-14/h3-7,10,19H,1-2,8-9,11H2. The first-order chi connectivity index (χ1) is 10.9. The lowest BCUT2D eigenvalue weighted by Crippen LogP contribution is -2.39. The molecule has 1 saturated carbocycles. The predicted molar refractivity (Wildman–Crippen MR) is 86.0 cm³/mol. The van der Waals surface area contributed by atoms with Gasteiger partial charge < -0.3 is 0 Å². The molecular formula is C16H17F2NO2S2. The van der Waals surface area contributed by atoms with Crippen LogP contribution in [0.1, 0.15) is 30.6 Å². The number of thiophene rings is 1. The SMILES string of the molecule is O=S(=O)(NCC1(c2cccs2)CCCC1)c1c(F)cccc1F. The van der Waals surface area contributed by atoms with Gasteiger partial charge in [-0.15, -0.1) is 11.3 Å². The number of hydrogen-bond donors (Lipinski definition) is 1. The lowest BCUT2D eigenvalue weighted by molar-refractivity contribution is 0.437. The second kappa shape index (κ2) is 6.30. The van der Waals surface area contributed by atoms with Gasteiger partial charge in [0.15, 0.2) is 4.90 Å².